The van der Waals surface area contributed by atoms with Crippen molar-refractivity contribution < 1.29 is 36.9 Å². The molecule has 0 bridgehead atoms. The van der Waals surface area contributed by atoms with Gasteiger partial charge in [0.2, 0.25) is 5.78 Å². The summed E-state index contributed by atoms with van der Waals surface area (Å²) in [6.07, 6.45) is 7.01. The Morgan fingerprint density at radius 3 is 2.61 bits per heavy atom. The molecule has 0 spiro atoms. The highest BCUT2D eigenvalue weighted by Crippen LogP contribution is 2.48. The fourth-order valence-electron chi connectivity index (χ4n) is 6.44. The lowest BCUT2D eigenvalue weighted by atomic mass is 10.0. The molecule has 4 aromatic rings. The molecule has 3 unspecified atom stereocenters. The van der Waals surface area contributed by atoms with E-state index >= 15 is 0 Å². The summed E-state index contributed by atoms with van der Waals surface area (Å²) in [5.41, 5.74) is 1.31. The van der Waals surface area contributed by atoms with Gasteiger partial charge in [-0.25, -0.2) is 15.0 Å². The fourth-order valence-corrected chi connectivity index (χ4v) is 9.63. The van der Waals surface area contributed by atoms with Crippen LogP contribution < -0.4 is 5.56 Å². The smallest absolute Gasteiger partial charge is 0.330 e. The van der Waals surface area contributed by atoms with Crippen molar-refractivity contribution in [2.75, 3.05) is 33.9 Å². The van der Waals surface area contributed by atoms with Crippen molar-refractivity contribution in [1.29, 1.82) is 5.26 Å². The number of aromatic nitrogens is 5. The van der Waals surface area contributed by atoms with E-state index in [-0.39, 0.29) is 55.1 Å². The van der Waals surface area contributed by atoms with Gasteiger partial charge in [0.05, 0.1) is 50.4 Å². The maximum absolute atomic E-state index is 12.7. The molecule has 2 saturated heterocycles. The van der Waals surface area contributed by atoms with Crippen LogP contribution in [0.25, 0.3) is 16.8 Å². The molecule has 6 rings (SSSR count). The Morgan fingerprint density at radius 2 is 1.88 bits per heavy atom. The second kappa shape index (κ2) is 18.5. The minimum Gasteiger partial charge on any atom is -0.408 e. The summed E-state index contributed by atoms with van der Waals surface area (Å²) in [4.78, 5) is 39.8. The van der Waals surface area contributed by atoms with Crippen LogP contribution in [-0.4, -0.2) is 106 Å². The largest absolute Gasteiger partial charge is 0.408 e. The summed E-state index contributed by atoms with van der Waals surface area (Å²) in [6, 6.07) is 7.31. The quantitative estimate of drug-likeness (QED) is 0.0426. The number of hydrogen-bond acceptors (Lipinski definition) is 14. The Morgan fingerprint density at radius 1 is 1.11 bits per heavy atom. The van der Waals surface area contributed by atoms with Crippen molar-refractivity contribution in [3.63, 3.8) is 0 Å². The molecule has 4 aromatic heterocycles. The SMILES string of the molecule is C[C@H]1C[C@H](n2ccc3c(/N=C\N(C)C)ccnc32)O[C@@H]1COP(O)O[C@@H]1C(O[Si](C)(C)C(C)(C)C)[C@@H](CO[PH](=S)OCCC#N)O[C@H]1n1ccc(=O)n2ccnc12. The highest BCUT2D eigenvalue weighted by molar-refractivity contribution is 8.00. The summed E-state index contributed by atoms with van der Waals surface area (Å²) >= 11 is 5.45. The summed E-state index contributed by atoms with van der Waals surface area (Å²) in [5.74, 6) is 0.400. The number of rotatable bonds is 17. The predicted molar refractivity (Wildman–Crippen MR) is 222 cm³/mol. The number of hydrogen-bond donors (Lipinski definition) is 1. The second-order valence-corrected chi connectivity index (χ2v) is 23.6. The van der Waals surface area contributed by atoms with Gasteiger partial charge in [-0.05, 0) is 54.4 Å². The van der Waals surface area contributed by atoms with E-state index in [0.717, 1.165) is 16.7 Å². The van der Waals surface area contributed by atoms with Gasteiger partial charge in [0.25, 0.3) is 5.56 Å². The Bertz CT molecular complexity index is 2150. The second-order valence-electron chi connectivity index (χ2n) is 15.8. The van der Waals surface area contributed by atoms with E-state index in [9.17, 15) is 9.69 Å². The summed E-state index contributed by atoms with van der Waals surface area (Å²) < 4.78 is 49.3. The van der Waals surface area contributed by atoms with Gasteiger partial charge in [-0.2, -0.15) is 5.26 Å². The van der Waals surface area contributed by atoms with Crippen LogP contribution in [0.4, 0.5) is 5.69 Å². The molecule has 21 heteroatoms. The lowest BCUT2D eigenvalue weighted by Crippen LogP contribution is -2.50. The molecule has 2 fully saturated rings. The first-order valence-electron chi connectivity index (χ1n) is 18.7. The van der Waals surface area contributed by atoms with Crippen LogP contribution in [-0.2, 0) is 43.8 Å². The third-order valence-electron chi connectivity index (χ3n) is 10.5. The van der Waals surface area contributed by atoms with Crippen LogP contribution in [0.5, 0.6) is 0 Å². The number of nitriles is 1. The monoisotopic (exact) mass is 862 g/mol. The Balaban J connectivity index is 1.22. The van der Waals surface area contributed by atoms with Crippen molar-refractivity contribution in [3.8, 4) is 6.07 Å². The third kappa shape index (κ3) is 10.1. The van der Waals surface area contributed by atoms with E-state index in [1.807, 2.05) is 48.0 Å². The molecular weight excluding hydrogens is 811 g/mol. The van der Waals surface area contributed by atoms with Gasteiger partial charge in [-0.3, -0.25) is 13.8 Å². The van der Waals surface area contributed by atoms with Crippen LogP contribution >= 0.6 is 15.8 Å². The Kier molecular flexibility index (Phi) is 14.2. The molecular formula is C36H52N8O9P2SSi. The molecule has 9 atom stereocenters. The van der Waals surface area contributed by atoms with Crippen molar-refractivity contribution in [3.05, 3.63) is 59.5 Å². The zero-order valence-electron chi connectivity index (χ0n) is 33.4. The number of aliphatic imine (C=N–C) groups is 1. The standard InChI is InChI=1S/C36H52N8O9P2SSi/c1-24-20-30(43-16-11-25-26(40-23-41(5)6)10-14-38-33(25)43)50-27(24)21-48-54(46)52-32-31(53-57(7,8)36(2,3)4)28(22-49-55(56)47-19-9-13-37)51-34(32)44-17-12-29(45)42-18-15-39-35(42)44/h10-12,14-18,23-24,27-28,30-32,34,46,55H,9,19-22H2,1-8H3/b40-23-/t24-,27+,28+,30+,31?,32+,34+,54?/m0/s1. The van der Waals surface area contributed by atoms with Gasteiger partial charge in [-0.1, -0.05) is 27.7 Å². The number of imidazole rings is 1. The van der Waals surface area contributed by atoms with Gasteiger partial charge in [-0.15, -0.1) is 0 Å². The van der Waals surface area contributed by atoms with Crippen LogP contribution in [0, 0.1) is 17.2 Å². The van der Waals surface area contributed by atoms with E-state index in [0.29, 0.717) is 12.2 Å². The fraction of sp³-hybridized carbons (Fsp3) is 0.583. The zero-order chi connectivity index (χ0) is 41.1. The first-order chi connectivity index (χ1) is 27.1. The average molecular weight is 863 g/mol. The molecule has 2 aliphatic rings. The van der Waals surface area contributed by atoms with Gasteiger partial charge < -0.3 is 46.4 Å². The van der Waals surface area contributed by atoms with Crippen molar-refractivity contribution >= 4 is 64.7 Å². The van der Waals surface area contributed by atoms with Crippen LogP contribution in [0.3, 0.4) is 0 Å². The third-order valence-corrected chi connectivity index (χ3v) is 17.3. The van der Waals surface area contributed by atoms with Gasteiger partial charge in [0, 0.05) is 56.5 Å². The molecule has 6 heterocycles. The molecule has 310 valence electrons. The van der Waals surface area contributed by atoms with E-state index in [2.05, 4.69) is 55.7 Å². The lowest BCUT2D eigenvalue weighted by molar-refractivity contribution is -0.0486. The number of fused-ring (bicyclic) bond motifs is 2. The van der Waals surface area contributed by atoms with Crippen molar-refractivity contribution in [1.82, 2.24) is 28.4 Å². The van der Waals surface area contributed by atoms with Crippen LogP contribution in [0.1, 0.15) is 53.0 Å². The van der Waals surface area contributed by atoms with Crippen molar-refractivity contribution in [2.45, 2.75) is 95.5 Å². The Labute approximate surface area is 340 Å². The van der Waals surface area contributed by atoms with Crippen LogP contribution in [0.15, 0.2) is 59.0 Å². The number of pyridine rings is 1. The summed E-state index contributed by atoms with van der Waals surface area (Å²) in [7, 11) is -3.34. The molecule has 1 N–H and O–H groups in total. The number of nitrogens with zero attached hydrogens (tertiary/aromatic N) is 8. The van der Waals surface area contributed by atoms with Gasteiger partial charge in [0.15, 0.2) is 21.7 Å². The summed E-state index contributed by atoms with van der Waals surface area (Å²) in [5, 5.41) is 9.64. The molecule has 0 aromatic carbocycles. The predicted octanol–water partition coefficient (Wildman–Crippen LogP) is 6.05. The minimum atomic E-state index is -2.52. The molecule has 57 heavy (non-hydrogen) atoms. The van der Waals surface area contributed by atoms with Crippen LogP contribution in [0.2, 0.25) is 18.1 Å². The summed E-state index contributed by atoms with van der Waals surface area (Å²) in [6.45, 7) is 12.9. The van der Waals surface area contributed by atoms with Gasteiger partial charge in [0.1, 0.15) is 30.2 Å². The Hall–Kier alpha value is -2.95. The van der Waals surface area contributed by atoms with Crippen molar-refractivity contribution in [2.24, 2.45) is 10.9 Å². The topological polar surface area (TPSA) is 181 Å². The molecule has 17 nitrogen and oxygen atoms in total. The average Bonchev–Trinajstić information content (AvgIpc) is 3.95. The minimum absolute atomic E-state index is 0.00359. The molecule has 0 saturated carbocycles. The maximum atomic E-state index is 12.7. The molecule has 0 aliphatic carbocycles. The zero-order valence-corrected chi connectivity index (χ0v) is 37.1. The first-order valence-corrected chi connectivity index (χ1v) is 25.2. The maximum Gasteiger partial charge on any atom is 0.330 e. The van der Waals surface area contributed by atoms with Gasteiger partial charge >= 0.3 is 8.60 Å². The van der Waals surface area contributed by atoms with E-state index in [1.165, 1.54) is 16.7 Å². The first kappa shape index (κ1) is 43.6. The normalized spacial score (nSPS) is 25.4. The highest BCUT2D eigenvalue weighted by Gasteiger charge is 2.53. The molecule has 0 amide bonds. The van der Waals surface area contributed by atoms with E-state index < -0.39 is 48.6 Å². The highest BCUT2D eigenvalue weighted by atomic mass is 32.4. The lowest BCUT2D eigenvalue weighted by Gasteiger charge is -2.40. The van der Waals surface area contributed by atoms with E-state index in [1.54, 1.807) is 29.5 Å². The molecule has 2 aliphatic heterocycles. The number of ether oxygens (including phenoxy) is 2. The van der Waals surface area contributed by atoms with E-state index in [4.69, 9.17) is 49.1 Å². The molecule has 0 radical (unpaired) electrons.